The molecule has 182 valence electrons. The van der Waals surface area contributed by atoms with Crippen molar-refractivity contribution in [2.75, 3.05) is 19.8 Å². The largest absolute Gasteiger partial charge is 0.463 e. The van der Waals surface area contributed by atoms with E-state index >= 15 is 0 Å². The first-order chi connectivity index (χ1) is 14.8. The van der Waals surface area contributed by atoms with Gasteiger partial charge >= 0.3 is 17.9 Å². The molecule has 7 heteroatoms. The Morgan fingerprint density at radius 1 is 1.06 bits per heavy atom. The second kappa shape index (κ2) is 13.2. The lowest BCUT2D eigenvalue weighted by Crippen LogP contribution is -2.38. The molecule has 0 saturated heterocycles. The summed E-state index contributed by atoms with van der Waals surface area (Å²) in [6, 6.07) is 0. The molecule has 0 amide bonds. The Balaban J connectivity index is 0.000000512. The number of aliphatic hydroxyl groups is 1. The maximum absolute atomic E-state index is 11.6. The summed E-state index contributed by atoms with van der Waals surface area (Å²) in [5.41, 5.74) is 1.31. The first-order valence-corrected chi connectivity index (χ1v) is 10.9. The number of ether oxygens (including phenoxy) is 3. The molecule has 32 heavy (non-hydrogen) atoms. The van der Waals surface area contributed by atoms with Gasteiger partial charge in [0.15, 0.2) is 0 Å². The molecule has 3 atom stereocenters. The maximum atomic E-state index is 11.6. The minimum Gasteiger partial charge on any atom is -0.463 e. The van der Waals surface area contributed by atoms with Crippen LogP contribution in [-0.2, 0) is 28.6 Å². The third kappa shape index (κ3) is 7.93. The monoisotopic (exact) mass is 452 g/mol. The molecule has 2 saturated carbocycles. The van der Waals surface area contributed by atoms with Gasteiger partial charge in [0, 0.05) is 22.6 Å². The lowest BCUT2D eigenvalue weighted by Gasteiger charge is -2.38. The highest BCUT2D eigenvalue weighted by Crippen LogP contribution is 2.66. The minimum absolute atomic E-state index is 0.0473. The van der Waals surface area contributed by atoms with Crippen LogP contribution in [0.15, 0.2) is 37.0 Å². The fourth-order valence-corrected chi connectivity index (χ4v) is 4.00. The predicted octanol–water partition coefficient (Wildman–Crippen LogP) is 4.15. The first kappa shape index (κ1) is 29.6. The predicted molar refractivity (Wildman–Crippen MR) is 124 cm³/mol. The molecule has 1 N–H and O–H groups in total. The highest BCUT2D eigenvalue weighted by molar-refractivity contribution is 5.87. The van der Waals surface area contributed by atoms with Crippen LogP contribution in [0.1, 0.15) is 60.8 Å². The zero-order valence-electron chi connectivity index (χ0n) is 20.5. The third-order valence-electron chi connectivity index (χ3n) is 6.44. The van der Waals surface area contributed by atoms with Gasteiger partial charge in [0.2, 0.25) is 0 Å². The Morgan fingerprint density at radius 3 is 1.94 bits per heavy atom. The van der Waals surface area contributed by atoms with Gasteiger partial charge in [-0.25, -0.2) is 14.4 Å². The number of carbonyl (C=O) groups is 3. The molecule has 0 heterocycles. The van der Waals surface area contributed by atoms with Crippen LogP contribution in [0.25, 0.3) is 0 Å². The van der Waals surface area contributed by atoms with Crippen LogP contribution in [0, 0.1) is 16.7 Å². The number of rotatable bonds is 7. The summed E-state index contributed by atoms with van der Waals surface area (Å²) in [5, 5.41) is 8.19. The number of aliphatic hydroxyl groups excluding tert-OH is 1. The van der Waals surface area contributed by atoms with Crippen molar-refractivity contribution in [2.24, 2.45) is 16.7 Å². The van der Waals surface area contributed by atoms with Gasteiger partial charge in [-0.3, -0.25) is 0 Å². The second-order valence-corrected chi connectivity index (χ2v) is 8.88. The molecular weight excluding hydrogens is 412 g/mol. The Bertz CT molecular complexity index is 707. The molecule has 2 fully saturated rings. The Labute approximate surface area is 192 Å². The van der Waals surface area contributed by atoms with Crippen molar-refractivity contribution in [3.05, 3.63) is 37.0 Å². The van der Waals surface area contributed by atoms with E-state index in [-0.39, 0.29) is 36.7 Å². The fraction of sp³-hybridized carbons (Fsp3) is 0.640. The van der Waals surface area contributed by atoms with E-state index in [2.05, 4.69) is 50.0 Å². The van der Waals surface area contributed by atoms with E-state index < -0.39 is 5.97 Å². The van der Waals surface area contributed by atoms with Crippen molar-refractivity contribution in [3.63, 3.8) is 0 Å². The summed E-state index contributed by atoms with van der Waals surface area (Å²) in [7, 11) is 0. The van der Waals surface area contributed by atoms with E-state index in [4.69, 9.17) is 9.84 Å². The molecule has 7 nitrogen and oxygen atoms in total. The van der Waals surface area contributed by atoms with E-state index in [1.54, 1.807) is 20.8 Å². The number of carbonyl (C=O) groups excluding carboxylic acids is 3. The van der Waals surface area contributed by atoms with Crippen LogP contribution >= 0.6 is 0 Å². The van der Waals surface area contributed by atoms with Crippen molar-refractivity contribution in [2.45, 2.75) is 66.9 Å². The van der Waals surface area contributed by atoms with Gasteiger partial charge in [-0.1, -0.05) is 40.5 Å². The summed E-state index contributed by atoms with van der Waals surface area (Å²) in [6.07, 6.45) is 4.72. The summed E-state index contributed by atoms with van der Waals surface area (Å²) in [5.74, 6) is -0.332. The molecule has 0 spiro atoms. The number of esters is 3. The van der Waals surface area contributed by atoms with Crippen LogP contribution in [0.2, 0.25) is 0 Å². The van der Waals surface area contributed by atoms with E-state index in [9.17, 15) is 14.4 Å². The summed E-state index contributed by atoms with van der Waals surface area (Å²) < 4.78 is 14.5. The number of hydrogen-bond donors (Lipinski definition) is 1. The fourth-order valence-electron chi connectivity index (χ4n) is 4.00. The van der Waals surface area contributed by atoms with E-state index in [1.165, 1.54) is 12.8 Å². The van der Waals surface area contributed by atoms with Crippen molar-refractivity contribution < 1.29 is 33.7 Å². The maximum Gasteiger partial charge on any atom is 0.333 e. The van der Waals surface area contributed by atoms with Crippen LogP contribution in [-0.4, -0.2) is 48.9 Å². The Morgan fingerprint density at radius 2 is 1.62 bits per heavy atom. The Kier molecular flexibility index (Phi) is 12.2. The highest BCUT2D eigenvalue weighted by Gasteiger charge is 2.62. The van der Waals surface area contributed by atoms with Gasteiger partial charge < -0.3 is 19.3 Å². The molecule has 0 aromatic carbocycles. The van der Waals surface area contributed by atoms with Gasteiger partial charge in [-0.15, -0.1) is 0 Å². The molecule has 2 bridgehead atoms. The summed E-state index contributed by atoms with van der Waals surface area (Å²) in [4.78, 5) is 32.1. The highest BCUT2D eigenvalue weighted by atomic mass is 16.5. The van der Waals surface area contributed by atoms with Crippen molar-refractivity contribution in [3.8, 4) is 0 Å². The van der Waals surface area contributed by atoms with E-state index in [0.29, 0.717) is 29.1 Å². The van der Waals surface area contributed by atoms with Crippen LogP contribution in [0.5, 0.6) is 0 Å². The van der Waals surface area contributed by atoms with Crippen LogP contribution in [0.4, 0.5) is 0 Å². The van der Waals surface area contributed by atoms with Crippen LogP contribution < -0.4 is 0 Å². The smallest absolute Gasteiger partial charge is 0.333 e. The quantitative estimate of drug-likeness (QED) is 0.352. The van der Waals surface area contributed by atoms with Gasteiger partial charge in [-0.05, 0) is 51.4 Å². The molecule has 0 aromatic rings. The van der Waals surface area contributed by atoms with E-state index in [0.717, 1.165) is 12.5 Å². The third-order valence-corrected chi connectivity index (χ3v) is 6.44. The zero-order chi connectivity index (χ0) is 25.1. The molecule has 3 unspecified atom stereocenters. The van der Waals surface area contributed by atoms with Gasteiger partial charge in [0.05, 0.1) is 13.2 Å². The van der Waals surface area contributed by atoms with Crippen molar-refractivity contribution in [1.29, 1.82) is 0 Å². The van der Waals surface area contributed by atoms with Gasteiger partial charge in [0.25, 0.3) is 0 Å². The van der Waals surface area contributed by atoms with Gasteiger partial charge in [-0.2, -0.15) is 0 Å². The minimum atomic E-state index is -0.455. The topological polar surface area (TPSA) is 99.1 Å². The van der Waals surface area contributed by atoms with Gasteiger partial charge in [0.1, 0.15) is 12.7 Å². The first-order valence-electron chi connectivity index (χ1n) is 10.9. The summed E-state index contributed by atoms with van der Waals surface area (Å²) >= 11 is 0. The molecule has 0 aliphatic heterocycles. The molecule has 0 radical (unpaired) electrons. The number of fused-ring (bicyclic) bond motifs is 2. The number of hydrogen-bond acceptors (Lipinski definition) is 7. The molecular formula is C25H40O7. The molecule has 0 aromatic heterocycles. The zero-order valence-corrected chi connectivity index (χ0v) is 20.5. The lowest BCUT2D eigenvalue weighted by molar-refractivity contribution is -0.152. The average molecular weight is 453 g/mol. The second-order valence-electron chi connectivity index (χ2n) is 8.88. The van der Waals surface area contributed by atoms with Crippen molar-refractivity contribution in [1.82, 2.24) is 0 Å². The normalized spacial score (nSPS) is 24.0. The SMILES string of the molecule is C=C(C)C(=O)OC1CC2CCC1(C)C2(C)C.C=C(C)C(=O)OCCO.C=CC(=O)OCC. The average Bonchev–Trinajstić information content (AvgIpc) is 3.06. The Hall–Kier alpha value is -2.41. The lowest BCUT2D eigenvalue weighted by atomic mass is 9.70. The summed E-state index contributed by atoms with van der Waals surface area (Å²) in [6.45, 7) is 22.5. The van der Waals surface area contributed by atoms with E-state index in [1.807, 2.05) is 0 Å². The molecule has 2 rings (SSSR count). The molecule has 2 aliphatic rings. The van der Waals surface area contributed by atoms with Crippen molar-refractivity contribution >= 4 is 17.9 Å². The standard InChI is InChI=1S/C14H22O2.C6H10O3.C5H8O2/c1-9(2)12(15)16-11-8-10-6-7-14(11,5)13(10,3)4;1-5(2)6(8)9-4-3-7;1-3-5(6)7-4-2/h10-11H,1,6-8H2,2-5H3;7H,1,3-4H2,2H3;3H,1,4H2,2H3. The molecule has 2 aliphatic carbocycles. The van der Waals surface area contributed by atoms with Crippen LogP contribution in [0.3, 0.4) is 0 Å².